The summed E-state index contributed by atoms with van der Waals surface area (Å²) < 4.78 is 5.53. The molecule has 1 N–H and O–H groups in total. The van der Waals surface area contributed by atoms with Gasteiger partial charge in [0.2, 0.25) is 0 Å². The summed E-state index contributed by atoms with van der Waals surface area (Å²) in [5, 5.41) is 13.6. The number of nitrogens with one attached hydrogen (secondary N) is 1. The van der Waals surface area contributed by atoms with Crippen molar-refractivity contribution >= 4 is 34.7 Å². The predicted octanol–water partition coefficient (Wildman–Crippen LogP) is 4.96. The highest BCUT2D eigenvalue weighted by Crippen LogP contribution is 2.32. The normalized spacial score (nSPS) is 10.4. The zero-order valence-corrected chi connectivity index (χ0v) is 14.8. The number of non-ortho nitro benzene ring substituents is 1. The topological polar surface area (TPSA) is 102 Å². The van der Waals surface area contributed by atoms with Crippen LogP contribution in [0.2, 0.25) is 5.02 Å². The van der Waals surface area contributed by atoms with Gasteiger partial charge in [0.1, 0.15) is 5.76 Å². The number of halogens is 1. The van der Waals surface area contributed by atoms with Crippen LogP contribution in [0.25, 0.3) is 11.3 Å². The number of hydrogen-bond acceptors (Lipinski definition) is 5. The molecule has 1 aromatic heterocycles. The van der Waals surface area contributed by atoms with Crippen LogP contribution in [0.1, 0.15) is 27.8 Å². The molecule has 0 aliphatic carbocycles. The number of anilines is 1. The minimum atomic E-state index is -0.548. The van der Waals surface area contributed by atoms with Gasteiger partial charge in [0.25, 0.3) is 11.6 Å². The Hall–Kier alpha value is -3.45. The number of hydrogen-bond donors (Lipinski definition) is 1. The highest BCUT2D eigenvalue weighted by molar-refractivity contribution is 6.33. The molecule has 27 heavy (non-hydrogen) atoms. The van der Waals surface area contributed by atoms with Crippen molar-refractivity contribution in [2.45, 2.75) is 6.92 Å². The highest BCUT2D eigenvalue weighted by atomic mass is 35.5. The lowest BCUT2D eigenvalue weighted by atomic mass is 10.1. The Kier molecular flexibility index (Phi) is 5.05. The molecular formula is C19H13ClN2O5. The molecule has 0 atom stereocenters. The molecule has 0 fully saturated rings. The van der Waals surface area contributed by atoms with Crippen molar-refractivity contribution in [1.82, 2.24) is 0 Å². The number of nitro benzene ring substituents is 1. The zero-order valence-electron chi connectivity index (χ0n) is 14.1. The summed E-state index contributed by atoms with van der Waals surface area (Å²) in [7, 11) is 0. The lowest BCUT2D eigenvalue weighted by Gasteiger charge is -2.04. The maximum atomic E-state index is 12.3. The number of carbonyl (C=O) groups excluding carboxylic acids is 2. The van der Waals surface area contributed by atoms with Gasteiger partial charge in [-0.25, -0.2) is 0 Å². The average Bonchev–Trinajstić information content (AvgIpc) is 3.12. The van der Waals surface area contributed by atoms with Gasteiger partial charge in [-0.2, -0.15) is 0 Å². The first-order chi connectivity index (χ1) is 12.8. The molecule has 1 amide bonds. The first kappa shape index (κ1) is 18.3. The zero-order chi connectivity index (χ0) is 19.6. The van der Waals surface area contributed by atoms with Gasteiger partial charge in [0.15, 0.2) is 11.5 Å². The van der Waals surface area contributed by atoms with E-state index in [0.717, 1.165) is 0 Å². The van der Waals surface area contributed by atoms with Gasteiger partial charge in [0.05, 0.1) is 9.95 Å². The third kappa shape index (κ3) is 4.04. The van der Waals surface area contributed by atoms with Crippen LogP contribution in [0.4, 0.5) is 11.4 Å². The van der Waals surface area contributed by atoms with E-state index < -0.39 is 10.8 Å². The molecule has 136 valence electrons. The van der Waals surface area contributed by atoms with E-state index in [1.54, 1.807) is 30.3 Å². The van der Waals surface area contributed by atoms with Crippen LogP contribution in [-0.2, 0) is 0 Å². The molecule has 8 heteroatoms. The molecule has 0 saturated carbocycles. The fourth-order valence-corrected chi connectivity index (χ4v) is 2.67. The fraction of sp³-hybridized carbons (Fsp3) is 0.0526. The first-order valence-electron chi connectivity index (χ1n) is 7.81. The van der Waals surface area contributed by atoms with E-state index in [2.05, 4.69) is 5.32 Å². The smallest absolute Gasteiger partial charge is 0.291 e. The number of Topliss-reactive ketones (excluding diaryl/α,β-unsaturated/α-hetero) is 1. The van der Waals surface area contributed by atoms with Crippen LogP contribution in [0.15, 0.2) is 59.0 Å². The molecule has 0 bridgehead atoms. The van der Waals surface area contributed by atoms with Crippen molar-refractivity contribution in [3.63, 3.8) is 0 Å². The molecule has 0 aliphatic heterocycles. The van der Waals surface area contributed by atoms with Crippen molar-refractivity contribution in [2.75, 3.05) is 5.32 Å². The van der Waals surface area contributed by atoms with E-state index >= 15 is 0 Å². The largest absolute Gasteiger partial charge is 0.451 e. The molecule has 2 aromatic carbocycles. The second-order valence-electron chi connectivity index (χ2n) is 5.67. The van der Waals surface area contributed by atoms with Crippen molar-refractivity contribution in [1.29, 1.82) is 0 Å². The predicted molar refractivity (Wildman–Crippen MR) is 100 cm³/mol. The minimum absolute atomic E-state index is 0.0510. The van der Waals surface area contributed by atoms with Crippen LogP contribution in [0.5, 0.6) is 0 Å². The molecule has 7 nitrogen and oxygen atoms in total. The van der Waals surface area contributed by atoms with E-state index in [1.165, 1.54) is 31.2 Å². The standard InChI is InChI=1S/C19H13ClN2O5/c1-11(23)12-2-4-13(5-3-12)21-19(24)18-9-8-17(27-18)15-7-6-14(22(25)26)10-16(15)20/h2-10H,1H3,(H,21,24). The Morgan fingerprint density at radius 3 is 2.37 bits per heavy atom. The van der Waals surface area contributed by atoms with Gasteiger partial charge in [-0.05, 0) is 49.4 Å². The minimum Gasteiger partial charge on any atom is -0.451 e. The van der Waals surface area contributed by atoms with Crippen LogP contribution >= 0.6 is 11.6 Å². The second kappa shape index (κ2) is 7.43. The summed E-state index contributed by atoms with van der Waals surface area (Å²) in [5.41, 5.74) is 1.35. The number of benzene rings is 2. The van der Waals surface area contributed by atoms with Crippen LogP contribution in [0, 0.1) is 10.1 Å². The molecule has 0 spiro atoms. The molecule has 0 radical (unpaired) electrons. The number of rotatable bonds is 5. The van der Waals surface area contributed by atoms with Crippen molar-refractivity contribution in [3.05, 3.63) is 81.1 Å². The van der Waals surface area contributed by atoms with Gasteiger partial charge >= 0.3 is 0 Å². The van der Waals surface area contributed by atoms with E-state index in [0.29, 0.717) is 22.6 Å². The molecule has 1 heterocycles. The monoisotopic (exact) mass is 384 g/mol. The van der Waals surface area contributed by atoms with Crippen molar-refractivity contribution < 1.29 is 18.9 Å². The summed E-state index contributed by atoms with van der Waals surface area (Å²) in [4.78, 5) is 33.8. The quantitative estimate of drug-likeness (QED) is 0.380. The summed E-state index contributed by atoms with van der Waals surface area (Å²) in [6.07, 6.45) is 0. The second-order valence-corrected chi connectivity index (χ2v) is 6.08. The Morgan fingerprint density at radius 2 is 1.78 bits per heavy atom. The van der Waals surface area contributed by atoms with Crippen LogP contribution in [0.3, 0.4) is 0 Å². The maximum absolute atomic E-state index is 12.3. The summed E-state index contributed by atoms with van der Waals surface area (Å²) in [5.74, 6) is -0.180. The third-order valence-electron chi connectivity index (χ3n) is 3.81. The molecule has 0 aliphatic rings. The van der Waals surface area contributed by atoms with Crippen LogP contribution in [-0.4, -0.2) is 16.6 Å². The lowest BCUT2D eigenvalue weighted by molar-refractivity contribution is -0.384. The van der Waals surface area contributed by atoms with Crippen molar-refractivity contribution in [3.8, 4) is 11.3 Å². The average molecular weight is 385 g/mol. The Morgan fingerprint density at radius 1 is 1.07 bits per heavy atom. The first-order valence-corrected chi connectivity index (χ1v) is 8.19. The summed E-state index contributed by atoms with van der Waals surface area (Å²) in [6.45, 7) is 1.46. The molecule has 0 saturated heterocycles. The molecule has 3 aromatic rings. The summed E-state index contributed by atoms with van der Waals surface area (Å²) in [6, 6.07) is 13.5. The van der Waals surface area contributed by atoms with Gasteiger partial charge < -0.3 is 9.73 Å². The molecule has 3 rings (SSSR count). The summed E-state index contributed by atoms with van der Waals surface area (Å²) >= 11 is 6.07. The van der Waals surface area contributed by atoms with Crippen LogP contribution < -0.4 is 5.32 Å². The van der Waals surface area contributed by atoms with E-state index in [-0.39, 0.29) is 22.3 Å². The van der Waals surface area contributed by atoms with Gasteiger partial charge in [-0.15, -0.1) is 0 Å². The number of nitrogens with zero attached hydrogens (tertiary/aromatic N) is 1. The van der Waals surface area contributed by atoms with E-state index in [4.69, 9.17) is 16.0 Å². The maximum Gasteiger partial charge on any atom is 0.291 e. The number of carbonyl (C=O) groups is 2. The SMILES string of the molecule is CC(=O)c1ccc(NC(=O)c2ccc(-c3ccc([N+](=O)[O-])cc3Cl)o2)cc1. The van der Waals surface area contributed by atoms with Gasteiger partial charge in [0, 0.05) is 28.9 Å². The van der Waals surface area contributed by atoms with E-state index in [9.17, 15) is 19.7 Å². The highest BCUT2D eigenvalue weighted by Gasteiger charge is 2.16. The van der Waals surface area contributed by atoms with Crippen molar-refractivity contribution in [2.24, 2.45) is 0 Å². The van der Waals surface area contributed by atoms with Gasteiger partial charge in [-0.3, -0.25) is 19.7 Å². The Labute approximate surface area is 158 Å². The lowest BCUT2D eigenvalue weighted by Crippen LogP contribution is -2.10. The number of amides is 1. The third-order valence-corrected chi connectivity index (χ3v) is 4.12. The van der Waals surface area contributed by atoms with E-state index in [1.807, 2.05) is 0 Å². The fourth-order valence-electron chi connectivity index (χ4n) is 2.40. The Bertz CT molecular complexity index is 1040. The number of nitro groups is 1. The van der Waals surface area contributed by atoms with Gasteiger partial charge in [-0.1, -0.05) is 11.6 Å². The Balaban J connectivity index is 1.78. The molecule has 0 unspecified atom stereocenters. The number of furan rings is 1. The molecular weight excluding hydrogens is 372 g/mol. The number of ketones is 1.